The van der Waals surface area contributed by atoms with Gasteiger partial charge in [-0.05, 0) is 24.0 Å². The molecule has 0 aliphatic carbocycles. The predicted octanol–water partition coefficient (Wildman–Crippen LogP) is 1.42. The topological polar surface area (TPSA) is 42.0 Å². The third-order valence-electron chi connectivity index (χ3n) is 5.63. The fraction of sp³-hybridized carbons (Fsp3) is 0.632. The molecule has 1 aromatic rings. The SMILES string of the molecule is C[C@@H]1CN(C(=O)[C@H]2COc3ccccc3C2)C[C@H]1N1CCOCC1. The molecule has 0 N–H and O–H groups in total. The summed E-state index contributed by atoms with van der Waals surface area (Å²) in [6.07, 6.45) is 0.794. The van der Waals surface area contributed by atoms with Gasteiger partial charge in [0.2, 0.25) is 5.91 Å². The monoisotopic (exact) mass is 330 g/mol. The van der Waals surface area contributed by atoms with Crippen LogP contribution in [0.1, 0.15) is 12.5 Å². The molecular weight excluding hydrogens is 304 g/mol. The average Bonchev–Trinajstić information content (AvgIpc) is 3.03. The second kappa shape index (κ2) is 6.73. The van der Waals surface area contributed by atoms with Crippen LogP contribution in [0.15, 0.2) is 24.3 Å². The molecule has 130 valence electrons. The van der Waals surface area contributed by atoms with Crippen LogP contribution in [0.3, 0.4) is 0 Å². The number of carbonyl (C=O) groups excluding carboxylic acids is 1. The highest BCUT2D eigenvalue weighted by molar-refractivity contribution is 5.80. The van der Waals surface area contributed by atoms with Gasteiger partial charge in [-0.15, -0.1) is 0 Å². The van der Waals surface area contributed by atoms with Crippen molar-refractivity contribution >= 4 is 5.91 Å². The van der Waals surface area contributed by atoms with Gasteiger partial charge in [0.25, 0.3) is 0 Å². The summed E-state index contributed by atoms with van der Waals surface area (Å²) in [6.45, 7) is 8.06. The number of hydrogen-bond acceptors (Lipinski definition) is 4. The highest BCUT2D eigenvalue weighted by Crippen LogP contribution is 2.30. The number of benzene rings is 1. The van der Waals surface area contributed by atoms with Crippen molar-refractivity contribution in [1.29, 1.82) is 0 Å². The fourth-order valence-electron chi connectivity index (χ4n) is 4.26. The van der Waals surface area contributed by atoms with Gasteiger partial charge in [-0.25, -0.2) is 0 Å². The Labute approximate surface area is 143 Å². The van der Waals surface area contributed by atoms with Crippen LogP contribution in [-0.2, 0) is 16.0 Å². The first kappa shape index (κ1) is 15.9. The molecule has 0 radical (unpaired) electrons. The predicted molar refractivity (Wildman–Crippen MR) is 91.1 cm³/mol. The lowest BCUT2D eigenvalue weighted by atomic mass is 9.95. The molecule has 3 aliphatic heterocycles. The molecule has 5 nitrogen and oxygen atoms in total. The number of carbonyl (C=O) groups is 1. The molecule has 1 amide bonds. The van der Waals surface area contributed by atoms with Gasteiger partial charge in [0, 0.05) is 32.2 Å². The van der Waals surface area contributed by atoms with Gasteiger partial charge in [0.15, 0.2) is 0 Å². The Morgan fingerprint density at radius 2 is 1.96 bits per heavy atom. The minimum atomic E-state index is -0.0458. The zero-order valence-corrected chi connectivity index (χ0v) is 14.3. The van der Waals surface area contributed by atoms with E-state index in [1.807, 2.05) is 18.2 Å². The summed E-state index contributed by atoms with van der Waals surface area (Å²) in [6, 6.07) is 8.52. The maximum Gasteiger partial charge on any atom is 0.229 e. The van der Waals surface area contributed by atoms with Crippen LogP contribution in [-0.4, -0.2) is 67.7 Å². The van der Waals surface area contributed by atoms with Gasteiger partial charge in [0.1, 0.15) is 12.4 Å². The zero-order valence-electron chi connectivity index (χ0n) is 14.3. The lowest BCUT2D eigenvalue weighted by Crippen LogP contribution is -2.47. The molecular formula is C19H26N2O3. The van der Waals surface area contributed by atoms with Crippen molar-refractivity contribution in [2.45, 2.75) is 19.4 Å². The highest BCUT2D eigenvalue weighted by Gasteiger charge is 2.39. The molecule has 0 bridgehead atoms. The van der Waals surface area contributed by atoms with Crippen LogP contribution in [0.2, 0.25) is 0 Å². The van der Waals surface area contributed by atoms with Gasteiger partial charge < -0.3 is 14.4 Å². The van der Waals surface area contributed by atoms with E-state index in [-0.39, 0.29) is 11.8 Å². The number of morpholine rings is 1. The van der Waals surface area contributed by atoms with E-state index in [2.05, 4.69) is 22.8 Å². The van der Waals surface area contributed by atoms with E-state index < -0.39 is 0 Å². The Kier molecular flexibility index (Phi) is 4.46. The number of hydrogen-bond donors (Lipinski definition) is 0. The van der Waals surface area contributed by atoms with Crippen LogP contribution in [0.5, 0.6) is 5.75 Å². The number of amides is 1. The third-order valence-corrected chi connectivity index (χ3v) is 5.63. The van der Waals surface area contributed by atoms with Crippen LogP contribution in [0.25, 0.3) is 0 Å². The molecule has 0 saturated carbocycles. The first-order valence-electron chi connectivity index (χ1n) is 9.03. The van der Waals surface area contributed by atoms with E-state index in [4.69, 9.17) is 9.47 Å². The molecule has 2 fully saturated rings. The Balaban J connectivity index is 1.40. The van der Waals surface area contributed by atoms with Crippen molar-refractivity contribution in [2.75, 3.05) is 46.0 Å². The van der Waals surface area contributed by atoms with Gasteiger partial charge in [-0.2, -0.15) is 0 Å². The summed E-state index contributed by atoms with van der Waals surface area (Å²) in [7, 11) is 0. The molecule has 5 heteroatoms. The largest absolute Gasteiger partial charge is 0.492 e. The standard InChI is InChI=1S/C19H26N2O3/c1-14-11-21(12-17(14)20-6-8-23-9-7-20)19(22)16-10-15-4-2-3-5-18(15)24-13-16/h2-5,14,16-17H,6-13H2,1H3/t14-,16-,17-/m1/s1. The van der Waals surface area contributed by atoms with E-state index >= 15 is 0 Å². The second-order valence-electron chi connectivity index (χ2n) is 7.26. The third kappa shape index (κ3) is 3.03. The maximum atomic E-state index is 13.0. The van der Waals surface area contributed by atoms with E-state index in [9.17, 15) is 4.79 Å². The first-order chi connectivity index (χ1) is 11.7. The first-order valence-corrected chi connectivity index (χ1v) is 9.03. The Bertz CT molecular complexity index is 600. The molecule has 2 saturated heterocycles. The molecule has 0 unspecified atom stereocenters. The fourth-order valence-corrected chi connectivity index (χ4v) is 4.26. The summed E-state index contributed by atoms with van der Waals surface area (Å²) in [5, 5.41) is 0. The van der Waals surface area contributed by atoms with Crippen LogP contribution < -0.4 is 4.74 Å². The molecule has 4 rings (SSSR count). The molecule has 1 aromatic carbocycles. The average molecular weight is 330 g/mol. The summed E-state index contributed by atoms with van der Waals surface area (Å²) in [4.78, 5) is 17.5. The summed E-state index contributed by atoms with van der Waals surface area (Å²) in [5.74, 6) is 1.66. The van der Waals surface area contributed by atoms with Crippen LogP contribution in [0.4, 0.5) is 0 Å². The zero-order chi connectivity index (χ0) is 16.5. The lowest BCUT2D eigenvalue weighted by molar-refractivity contribution is -0.136. The maximum absolute atomic E-state index is 13.0. The molecule has 0 aromatic heterocycles. The Morgan fingerprint density at radius 3 is 2.79 bits per heavy atom. The van der Waals surface area contributed by atoms with E-state index in [1.165, 1.54) is 0 Å². The second-order valence-corrected chi connectivity index (χ2v) is 7.26. The van der Waals surface area contributed by atoms with E-state index in [0.29, 0.717) is 18.6 Å². The van der Waals surface area contributed by atoms with Crippen molar-refractivity contribution in [3.8, 4) is 5.75 Å². The van der Waals surface area contributed by atoms with E-state index in [1.54, 1.807) is 0 Å². The number of ether oxygens (including phenoxy) is 2. The summed E-state index contributed by atoms with van der Waals surface area (Å²) >= 11 is 0. The van der Waals surface area contributed by atoms with Crippen molar-refractivity contribution in [3.05, 3.63) is 29.8 Å². The van der Waals surface area contributed by atoms with Gasteiger partial charge in [0.05, 0.1) is 19.1 Å². The van der Waals surface area contributed by atoms with Crippen molar-refractivity contribution in [2.24, 2.45) is 11.8 Å². The normalized spacial score (nSPS) is 30.7. The van der Waals surface area contributed by atoms with Crippen LogP contribution in [0, 0.1) is 11.8 Å². The highest BCUT2D eigenvalue weighted by atomic mass is 16.5. The Morgan fingerprint density at radius 1 is 1.17 bits per heavy atom. The molecule has 3 heterocycles. The van der Waals surface area contributed by atoms with E-state index in [0.717, 1.165) is 57.1 Å². The smallest absolute Gasteiger partial charge is 0.229 e. The minimum absolute atomic E-state index is 0.0458. The number of nitrogens with zero attached hydrogens (tertiary/aromatic N) is 2. The number of rotatable bonds is 2. The number of para-hydroxylation sites is 1. The van der Waals surface area contributed by atoms with Gasteiger partial charge in [-0.3, -0.25) is 9.69 Å². The molecule has 24 heavy (non-hydrogen) atoms. The van der Waals surface area contributed by atoms with Crippen LogP contribution >= 0.6 is 0 Å². The molecule has 0 spiro atoms. The molecule has 3 atom stereocenters. The Hall–Kier alpha value is -1.59. The number of likely N-dealkylation sites (tertiary alicyclic amines) is 1. The van der Waals surface area contributed by atoms with Crippen molar-refractivity contribution in [3.63, 3.8) is 0 Å². The molecule has 3 aliphatic rings. The minimum Gasteiger partial charge on any atom is -0.492 e. The number of fused-ring (bicyclic) bond motifs is 1. The lowest BCUT2D eigenvalue weighted by Gasteiger charge is -2.34. The quantitative estimate of drug-likeness (QED) is 0.822. The van der Waals surface area contributed by atoms with Crippen molar-refractivity contribution in [1.82, 2.24) is 9.80 Å². The van der Waals surface area contributed by atoms with Gasteiger partial charge in [-0.1, -0.05) is 25.1 Å². The summed E-state index contributed by atoms with van der Waals surface area (Å²) in [5.41, 5.74) is 1.15. The van der Waals surface area contributed by atoms with Crippen molar-refractivity contribution < 1.29 is 14.3 Å². The van der Waals surface area contributed by atoms with Gasteiger partial charge >= 0.3 is 0 Å². The summed E-state index contributed by atoms with van der Waals surface area (Å²) < 4.78 is 11.3.